The highest BCUT2D eigenvalue weighted by Gasteiger charge is 2.39. The lowest BCUT2D eigenvalue weighted by Crippen LogP contribution is -2.38. The Kier molecular flexibility index (Phi) is 6.71. The van der Waals surface area contributed by atoms with E-state index in [1.165, 1.54) is 11.1 Å². The first-order chi connectivity index (χ1) is 11.9. The highest BCUT2D eigenvalue weighted by Crippen LogP contribution is 2.42. The van der Waals surface area contributed by atoms with Crippen molar-refractivity contribution in [2.75, 3.05) is 7.05 Å². The topological polar surface area (TPSA) is 62.5 Å². The van der Waals surface area contributed by atoms with Crippen LogP contribution in [0.2, 0.25) is 0 Å². The van der Waals surface area contributed by atoms with Crippen molar-refractivity contribution in [2.24, 2.45) is 4.99 Å². The number of aliphatic imine (C=N–C) groups is 1. The number of oxazole rings is 1. The third-order valence-corrected chi connectivity index (χ3v) is 4.62. The molecule has 0 amide bonds. The zero-order chi connectivity index (χ0) is 18.0. The van der Waals surface area contributed by atoms with Crippen molar-refractivity contribution in [2.45, 2.75) is 58.0 Å². The van der Waals surface area contributed by atoms with Gasteiger partial charge in [-0.05, 0) is 24.5 Å². The van der Waals surface area contributed by atoms with Crippen LogP contribution in [0.15, 0.2) is 39.9 Å². The lowest BCUT2D eigenvalue weighted by Gasteiger charge is -2.13. The Morgan fingerprint density at radius 3 is 2.65 bits per heavy atom. The Morgan fingerprint density at radius 1 is 1.31 bits per heavy atom. The molecule has 1 aliphatic carbocycles. The number of rotatable bonds is 4. The van der Waals surface area contributed by atoms with Gasteiger partial charge in [0.15, 0.2) is 5.96 Å². The number of nitrogens with zero attached hydrogens (tertiary/aromatic N) is 2. The first-order valence-corrected chi connectivity index (χ1v) is 8.86. The second-order valence-corrected chi connectivity index (χ2v) is 7.74. The Balaban J connectivity index is 0.00000243. The van der Waals surface area contributed by atoms with E-state index >= 15 is 0 Å². The highest BCUT2D eigenvalue weighted by molar-refractivity contribution is 14.0. The molecule has 0 spiro atoms. The smallest absolute Gasteiger partial charge is 0.213 e. The SMILES string of the molecule is CN=C(NCc1ncc(C(C)(C)C)o1)NC1CC1c1ccccc1C.I. The van der Waals surface area contributed by atoms with Gasteiger partial charge in [-0.15, -0.1) is 24.0 Å². The molecule has 0 radical (unpaired) electrons. The van der Waals surface area contributed by atoms with Crippen molar-refractivity contribution in [1.29, 1.82) is 0 Å². The van der Waals surface area contributed by atoms with Crippen molar-refractivity contribution >= 4 is 29.9 Å². The minimum atomic E-state index is -0.0278. The third kappa shape index (κ3) is 4.99. The summed E-state index contributed by atoms with van der Waals surface area (Å²) < 4.78 is 5.81. The van der Waals surface area contributed by atoms with E-state index in [0.717, 1.165) is 18.1 Å². The molecule has 1 saturated carbocycles. The molecule has 0 saturated heterocycles. The normalized spacial score (nSPS) is 19.7. The van der Waals surface area contributed by atoms with E-state index in [2.05, 4.69) is 72.6 Å². The van der Waals surface area contributed by atoms with Gasteiger partial charge in [-0.3, -0.25) is 4.99 Å². The quantitative estimate of drug-likeness (QED) is 0.403. The average molecular weight is 468 g/mol. The molecule has 0 bridgehead atoms. The standard InChI is InChI=1S/C20H28N4O.HI/c1-13-8-6-7-9-14(13)15-10-16(15)24-19(21-5)23-12-18-22-11-17(25-18)20(2,3)4;/h6-9,11,15-16H,10,12H2,1-5H3,(H2,21,23,24);1H. The third-order valence-electron chi connectivity index (χ3n) is 4.62. The molecule has 26 heavy (non-hydrogen) atoms. The van der Waals surface area contributed by atoms with Gasteiger partial charge in [-0.2, -0.15) is 0 Å². The van der Waals surface area contributed by atoms with Crippen LogP contribution in [0.4, 0.5) is 0 Å². The van der Waals surface area contributed by atoms with Gasteiger partial charge in [0.2, 0.25) is 5.89 Å². The summed E-state index contributed by atoms with van der Waals surface area (Å²) in [6.07, 6.45) is 2.95. The van der Waals surface area contributed by atoms with Crippen LogP contribution < -0.4 is 10.6 Å². The zero-order valence-electron chi connectivity index (χ0n) is 16.2. The van der Waals surface area contributed by atoms with Crippen LogP contribution in [0.5, 0.6) is 0 Å². The zero-order valence-corrected chi connectivity index (χ0v) is 18.5. The summed E-state index contributed by atoms with van der Waals surface area (Å²) in [4.78, 5) is 8.66. The van der Waals surface area contributed by atoms with Crippen molar-refractivity contribution < 1.29 is 4.42 Å². The molecule has 2 atom stereocenters. The van der Waals surface area contributed by atoms with Crippen LogP contribution in [-0.4, -0.2) is 24.0 Å². The van der Waals surface area contributed by atoms with E-state index in [0.29, 0.717) is 24.4 Å². The number of hydrogen-bond donors (Lipinski definition) is 2. The fraction of sp³-hybridized carbons (Fsp3) is 0.500. The number of aryl methyl sites for hydroxylation is 1. The number of benzene rings is 1. The molecule has 1 fully saturated rings. The van der Waals surface area contributed by atoms with Crippen LogP contribution in [-0.2, 0) is 12.0 Å². The van der Waals surface area contributed by atoms with E-state index in [1.54, 1.807) is 7.05 Å². The molecule has 1 aromatic carbocycles. The summed E-state index contributed by atoms with van der Waals surface area (Å²) in [7, 11) is 1.79. The van der Waals surface area contributed by atoms with Gasteiger partial charge in [-0.25, -0.2) is 4.98 Å². The highest BCUT2D eigenvalue weighted by atomic mass is 127. The molecule has 1 heterocycles. The molecule has 142 valence electrons. The van der Waals surface area contributed by atoms with Gasteiger partial charge >= 0.3 is 0 Å². The van der Waals surface area contributed by atoms with Crippen molar-refractivity contribution in [3.63, 3.8) is 0 Å². The molecular weight excluding hydrogens is 439 g/mol. The second-order valence-electron chi connectivity index (χ2n) is 7.74. The van der Waals surface area contributed by atoms with Gasteiger partial charge in [0, 0.05) is 24.4 Å². The fourth-order valence-corrected chi connectivity index (χ4v) is 2.97. The molecule has 5 nitrogen and oxygen atoms in total. The summed E-state index contributed by atoms with van der Waals surface area (Å²) in [5, 5.41) is 6.78. The summed E-state index contributed by atoms with van der Waals surface area (Å²) in [5.74, 6) is 2.93. The summed E-state index contributed by atoms with van der Waals surface area (Å²) in [5.41, 5.74) is 2.76. The maximum Gasteiger partial charge on any atom is 0.213 e. The average Bonchev–Trinajstić information content (AvgIpc) is 3.14. The maximum absolute atomic E-state index is 5.81. The molecular formula is C20H29IN4O. The van der Waals surface area contributed by atoms with Gasteiger partial charge in [0.25, 0.3) is 0 Å². The predicted octanol–water partition coefficient (Wildman–Crippen LogP) is 4.12. The predicted molar refractivity (Wildman–Crippen MR) is 116 cm³/mol. The molecule has 0 aliphatic heterocycles. The Labute approximate surface area is 173 Å². The minimum Gasteiger partial charge on any atom is -0.443 e. The molecule has 3 rings (SSSR count). The van der Waals surface area contributed by atoms with Gasteiger partial charge in [0.05, 0.1) is 12.7 Å². The molecule has 2 N–H and O–H groups in total. The monoisotopic (exact) mass is 468 g/mol. The van der Waals surface area contributed by atoms with Crippen LogP contribution in [0.3, 0.4) is 0 Å². The minimum absolute atomic E-state index is 0. The summed E-state index contributed by atoms with van der Waals surface area (Å²) in [6.45, 7) is 9.04. The number of nitrogens with one attached hydrogen (secondary N) is 2. The first kappa shape index (κ1) is 20.7. The second kappa shape index (κ2) is 8.41. The van der Waals surface area contributed by atoms with E-state index in [1.807, 2.05) is 6.20 Å². The molecule has 2 unspecified atom stereocenters. The fourth-order valence-electron chi connectivity index (χ4n) is 2.97. The van der Waals surface area contributed by atoms with E-state index in [4.69, 9.17) is 4.42 Å². The number of hydrogen-bond acceptors (Lipinski definition) is 3. The number of guanidine groups is 1. The van der Waals surface area contributed by atoms with Crippen molar-refractivity contribution in [3.8, 4) is 0 Å². The Morgan fingerprint density at radius 2 is 2.04 bits per heavy atom. The lowest BCUT2D eigenvalue weighted by atomic mass is 9.94. The molecule has 1 aromatic heterocycles. The van der Waals surface area contributed by atoms with Crippen LogP contribution in [0, 0.1) is 6.92 Å². The Bertz CT molecular complexity index is 763. The van der Waals surface area contributed by atoms with E-state index in [9.17, 15) is 0 Å². The van der Waals surface area contributed by atoms with Gasteiger partial charge < -0.3 is 15.1 Å². The van der Waals surface area contributed by atoms with E-state index < -0.39 is 0 Å². The number of aromatic nitrogens is 1. The van der Waals surface area contributed by atoms with Crippen LogP contribution in [0.1, 0.15) is 55.9 Å². The summed E-state index contributed by atoms with van der Waals surface area (Å²) in [6, 6.07) is 9.03. The lowest BCUT2D eigenvalue weighted by molar-refractivity contribution is 0.379. The van der Waals surface area contributed by atoms with Crippen molar-refractivity contribution in [3.05, 3.63) is 53.2 Å². The molecule has 1 aliphatic rings. The molecule has 6 heteroatoms. The van der Waals surface area contributed by atoms with Gasteiger partial charge in [-0.1, -0.05) is 45.0 Å². The first-order valence-electron chi connectivity index (χ1n) is 8.86. The largest absolute Gasteiger partial charge is 0.443 e. The van der Waals surface area contributed by atoms with Crippen molar-refractivity contribution in [1.82, 2.24) is 15.6 Å². The Hall–Kier alpha value is -1.57. The van der Waals surface area contributed by atoms with Gasteiger partial charge in [0.1, 0.15) is 5.76 Å². The van der Waals surface area contributed by atoms with E-state index in [-0.39, 0.29) is 29.4 Å². The maximum atomic E-state index is 5.81. The van der Waals surface area contributed by atoms with Crippen LogP contribution in [0.25, 0.3) is 0 Å². The number of halogens is 1. The summed E-state index contributed by atoms with van der Waals surface area (Å²) >= 11 is 0. The molecule has 2 aromatic rings. The van der Waals surface area contributed by atoms with Crippen LogP contribution >= 0.6 is 24.0 Å².